The van der Waals surface area contributed by atoms with Gasteiger partial charge in [-0.05, 0) is 31.5 Å². The summed E-state index contributed by atoms with van der Waals surface area (Å²) in [6.07, 6.45) is 2.28. The Balaban J connectivity index is 2.84. The molecule has 5 heteroatoms. The normalized spacial score (nSPS) is 13.3. The Morgan fingerprint density at radius 1 is 1.53 bits per heavy atom. The van der Waals surface area contributed by atoms with E-state index in [2.05, 4.69) is 24.3 Å². The smallest absolute Gasteiger partial charge is 0.170 e. The third-order valence-electron chi connectivity index (χ3n) is 3.05. The summed E-state index contributed by atoms with van der Waals surface area (Å²) in [5, 5.41) is 15.2. The molecular formula is C14H23N3O2. The maximum Gasteiger partial charge on any atom is 0.170 e. The summed E-state index contributed by atoms with van der Waals surface area (Å²) in [6, 6.07) is 5.92. The lowest BCUT2D eigenvalue weighted by Crippen LogP contribution is -2.25. The summed E-state index contributed by atoms with van der Waals surface area (Å²) in [5.41, 5.74) is 7.28. The molecule has 106 valence electrons. The SMILES string of the molecule is CCCC(C)NCc1cc(/C(N)=N/O)ccc1OC. The Bertz CT molecular complexity index is 433. The van der Waals surface area contributed by atoms with Crippen LogP contribution < -0.4 is 15.8 Å². The van der Waals surface area contributed by atoms with Crippen molar-refractivity contribution in [1.29, 1.82) is 0 Å². The van der Waals surface area contributed by atoms with Crippen LogP contribution in [0.25, 0.3) is 0 Å². The highest BCUT2D eigenvalue weighted by Crippen LogP contribution is 2.20. The van der Waals surface area contributed by atoms with Gasteiger partial charge in [0.05, 0.1) is 7.11 Å². The largest absolute Gasteiger partial charge is 0.496 e. The first-order valence-corrected chi connectivity index (χ1v) is 6.50. The van der Waals surface area contributed by atoms with E-state index in [0.717, 1.165) is 24.2 Å². The van der Waals surface area contributed by atoms with Gasteiger partial charge in [-0.25, -0.2) is 0 Å². The minimum absolute atomic E-state index is 0.102. The van der Waals surface area contributed by atoms with E-state index >= 15 is 0 Å². The van der Waals surface area contributed by atoms with Gasteiger partial charge in [0, 0.05) is 23.7 Å². The molecule has 0 fully saturated rings. The van der Waals surface area contributed by atoms with Crippen molar-refractivity contribution in [2.45, 2.75) is 39.3 Å². The van der Waals surface area contributed by atoms with Gasteiger partial charge >= 0.3 is 0 Å². The summed E-state index contributed by atoms with van der Waals surface area (Å²) >= 11 is 0. The van der Waals surface area contributed by atoms with Crippen LogP contribution in [0.2, 0.25) is 0 Å². The molecule has 5 nitrogen and oxygen atoms in total. The van der Waals surface area contributed by atoms with E-state index in [0.29, 0.717) is 18.2 Å². The molecule has 0 aromatic heterocycles. The standard InChI is InChI=1S/C14H23N3O2/c1-4-5-10(2)16-9-12-8-11(14(15)17-18)6-7-13(12)19-3/h6-8,10,16,18H,4-5,9H2,1-3H3,(H2,15,17). The topological polar surface area (TPSA) is 79.9 Å². The second-order valence-electron chi connectivity index (χ2n) is 4.58. The van der Waals surface area contributed by atoms with Gasteiger partial charge in [0.1, 0.15) is 5.75 Å². The monoisotopic (exact) mass is 265 g/mol. The number of hydrogen-bond acceptors (Lipinski definition) is 4. The molecule has 0 aliphatic rings. The van der Waals surface area contributed by atoms with E-state index < -0.39 is 0 Å². The molecule has 0 bridgehead atoms. The fourth-order valence-electron chi connectivity index (χ4n) is 1.95. The first-order chi connectivity index (χ1) is 9.12. The van der Waals surface area contributed by atoms with E-state index in [1.165, 1.54) is 0 Å². The highest BCUT2D eigenvalue weighted by atomic mass is 16.5. The van der Waals surface area contributed by atoms with Crippen molar-refractivity contribution in [3.8, 4) is 5.75 Å². The van der Waals surface area contributed by atoms with Crippen molar-refractivity contribution < 1.29 is 9.94 Å². The van der Waals surface area contributed by atoms with Gasteiger partial charge in [-0.1, -0.05) is 18.5 Å². The summed E-state index contributed by atoms with van der Waals surface area (Å²) in [6.45, 7) is 5.01. The van der Waals surface area contributed by atoms with Crippen molar-refractivity contribution in [2.75, 3.05) is 7.11 Å². The third-order valence-corrected chi connectivity index (χ3v) is 3.05. The number of nitrogens with zero attached hydrogens (tertiary/aromatic N) is 1. The minimum atomic E-state index is 0.102. The molecule has 0 heterocycles. The number of ether oxygens (including phenoxy) is 1. The van der Waals surface area contributed by atoms with Crippen LogP contribution in [-0.4, -0.2) is 24.2 Å². The molecule has 0 radical (unpaired) electrons. The molecule has 0 aliphatic carbocycles. The molecule has 19 heavy (non-hydrogen) atoms. The molecule has 0 spiro atoms. The fourth-order valence-corrected chi connectivity index (χ4v) is 1.95. The Kier molecular flexibility index (Phi) is 6.15. The summed E-state index contributed by atoms with van der Waals surface area (Å²) in [5.74, 6) is 0.899. The molecule has 0 saturated carbocycles. The van der Waals surface area contributed by atoms with Gasteiger partial charge in [0.25, 0.3) is 0 Å². The number of rotatable bonds is 7. The molecule has 1 unspecified atom stereocenters. The van der Waals surface area contributed by atoms with E-state index in [1.807, 2.05) is 12.1 Å². The second-order valence-corrected chi connectivity index (χ2v) is 4.58. The number of hydrogen-bond donors (Lipinski definition) is 3. The Hall–Kier alpha value is -1.75. The van der Waals surface area contributed by atoms with Crippen LogP contribution in [0.3, 0.4) is 0 Å². The summed E-state index contributed by atoms with van der Waals surface area (Å²) in [4.78, 5) is 0. The van der Waals surface area contributed by atoms with Gasteiger partial charge in [0.15, 0.2) is 5.84 Å². The van der Waals surface area contributed by atoms with Crippen LogP contribution in [0.5, 0.6) is 5.75 Å². The van der Waals surface area contributed by atoms with Crippen LogP contribution in [0.1, 0.15) is 37.8 Å². The van der Waals surface area contributed by atoms with Gasteiger partial charge in [-0.3, -0.25) is 0 Å². The van der Waals surface area contributed by atoms with Gasteiger partial charge < -0.3 is 21.0 Å². The lowest BCUT2D eigenvalue weighted by Gasteiger charge is -2.15. The number of methoxy groups -OCH3 is 1. The lowest BCUT2D eigenvalue weighted by atomic mass is 10.1. The number of nitrogens with one attached hydrogen (secondary N) is 1. The van der Waals surface area contributed by atoms with Gasteiger partial charge in [-0.2, -0.15) is 0 Å². The van der Waals surface area contributed by atoms with Crippen LogP contribution in [0.15, 0.2) is 23.4 Å². The van der Waals surface area contributed by atoms with E-state index in [4.69, 9.17) is 15.7 Å². The van der Waals surface area contributed by atoms with Gasteiger partial charge in [-0.15, -0.1) is 0 Å². The predicted molar refractivity (Wildman–Crippen MR) is 76.7 cm³/mol. The summed E-state index contributed by atoms with van der Waals surface area (Å²) in [7, 11) is 1.64. The Labute approximate surface area is 114 Å². The molecule has 1 rings (SSSR count). The molecule has 1 aromatic carbocycles. The molecule has 0 saturated heterocycles. The van der Waals surface area contributed by atoms with Crippen molar-refractivity contribution in [3.05, 3.63) is 29.3 Å². The zero-order valence-electron chi connectivity index (χ0n) is 11.8. The Morgan fingerprint density at radius 2 is 2.26 bits per heavy atom. The van der Waals surface area contributed by atoms with Crippen molar-refractivity contribution in [1.82, 2.24) is 5.32 Å². The van der Waals surface area contributed by atoms with Crippen molar-refractivity contribution in [3.63, 3.8) is 0 Å². The van der Waals surface area contributed by atoms with Crippen LogP contribution in [0.4, 0.5) is 0 Å². The number of oxime groups is 1. The number of benzene rings is 1. The summed E-state index contributed by atoms with van der Waals surface area (Å²) < 4.78 is 5.32. The third kappa shape index (κ3) is 4.44. The lowest BCUT2D eigenvalue weighted by molar-refractivity contribution is 0.318. The van der Waals surface area contributed by atoms with Crippen LogP contribution in [0, 0.1) is 0 Å². The molecular weight excluding hydrogens is 242 g/mol. The first-order valence-electron chi connectivity index (χ1n) is 6.50. The van der Waals surface area contributed by atoms with Gasteiger partial charge in [0.2, 0.25) is 0 Å². The second kappa shape index (κ2) is 7.63. The Morgan fingerprint density at radius 3 is 2.84 bits per heavy atom. The van der Waals surface area contributed by atoms with E-state index in [-0.39, 0.29) is 5.84 Å². The quantitative estimate of drug-likeness (QED) is 0.305. The molecule has 1 aromatic rings. The average Bonchev–Trinajstić information content (AvgIpc) is 2.44. The minimum Gasteiger partial charge on any atom is -0.496 e. The molecule has 0 aliphatic heterocycles. The highest BCUT2D eigenvalue weighted by molar-refractivity contribution is 5.97. The first kappa shape index (κ1) is 15.3. The average molecular weight is 265 g/mol. The molecule has 4 N–H and O–H groups in total. The zero-order valence-corrected chi connectivity index (χ0v) is 11.8. The molecule has 0 amide bonds. The van der Waals surface area contributed by atoms with E-state index in [9.17, 15) is 0 Å². The molecule has 1 atom stereocenters. The maximum absolute atomic E-state index is 8.71. The van der Waals surface area contributed by atoms with Crippen molar-refractivity contribution >= 4 is 5.84 Å². The van der Waals surface area contributed by atoms with Crippen LogP contribution >= 0.6 is 0 Å². The zero-order chi connectivity index (χ0) is 14.3. The predicted octanol–water partition coefficient (Wildman–Crippen LogP) is 2.07. The number of amidine groups is 1. The number of nitrogens with two attached hydrogens (primary N) is 1. The highest BCUT2D eigenvalue weighted by Gasteiger charge is 2.08. The van der Waals surface area contributed by atoms with E-state index in [1.54, 1.807) is 13.2 Å². The maximum atomic E-state index is 8.71. The van der Waals surface area contributed by atoms with Crippen LogP contribution in [-0.2, 0) is 6.54 Å². The van der Waals surface area contributed by atoms with Crippen molar-refractivity contribution in [2.24, 2.45) is 10.9 Å². The fraction of sp³-hybridized carbons (Fsp3) is 0.500.